The molecule has 0 bridgehead atoms. The highest BCUT2D eigenvalue weighted by atomic mass is 35.5. The zero-order chi connectivity index (χ0) is 15.1. The Labute approximate surface area is 140 Å². The van der Waals surface area contributed by atoms with Crippen molar-refractivity contribution in [2.24, 2.45) is 0 Å². The molecule has 1 atom stereocenters. The maximum atomic E-state index is 6.37. The van der Waals surface area contributed by atoms with Crippen molar-refractivity contribution in [3.8, 4) is 11.5 Å². The third-order valence-electron chi connectivity index (χ3n) is 3.13. The van der Waals surface area contributed by atoms with Gasteiger partial charge in [0.15, 0.2) is 0 Å². The summed E-state index contributed by atoms with van der Waals surface area (Å²) in [5, 5.41) is 0.720. The maximum absolute atomic E-state index is 6.37. The van der Waals surface area contributed by atoms with Gasteiger partial charge >= 0.3 is 0 Å². The van der Waals surface area contributed by atoms with Crippen LogP contribution in [0.5, 0.6) is 11.5 Å². The molecule has 4 heteroatoms. The molecule has 0 saturated carbocycles. The molecule has 0 heterocycles. The average Bonchev–Trinajstić information content (AvgIpc) is 2.50. The minimum atomic E-state index is 0.0257. The summed E-state index contributed by atoms with van der Waals surface area (Å²) in [6.07, 6.45) is 2.98. The molecular weight excluding hydrogens is 327 g/mol. The second-order valence-corrected chi connectivity index (χ2v) is 6.12. The van der Waals surface area contributed by atoms with Crippen molar-refractivity contribution < 1.29 is 4.74 Å². The molecule has 1 nitrogen and oxygen atoms in total. The minimum Gasteiger partial charge on any atom is -0.457 e. The topological polar surface area (TPSA) is 9.23 Å². The Morgan fingerprint density at radius 3 is 2.00 bits per heavy atom. The van der Waals surface area contributed by atoms with Crippen molar-refractivity contribution in [3.63, 3.8) is 0 Å². The summed E-state index contributed by atoms with van der Waals surface area (Å²) in [7, 11) is 0. The average molecular weight is 344 g/mol. The van der Waals surface area contributed by atoms with Gasteiger partial charge in [0.25, 0.3) is 0 Å². The highest BCUT2D eigenvalue weighted by Gasteiger charge is 2.08. The molecule has 2 aromatic rings. The highest BCUT2D eigenvalue weighted by molar-refractivity contribution is 6.30. The van der Waals surface area contributed by atoms with Crippen molar-refractivity contribution >= 4 is 34.8 Å². The van der Waals surface area contributed by atoms with Crippen LogP contribution in [0.15, 0.2) is 48.5 Å². The van der Waals surface area contributed by atoms with Gasteiger partial charge in [-0.25, -0.2) is 0 Å². The lowest BCUT2D eigenvalue weighted by molar-refractivity contribution is 0.482. The third-order valence-corrected chi connectivity index (χ3v) is 4.12. The predicted molar refractivity (Wildman–Crippen MR) is 91.1 cm³/mol. The first-order chi connectivity index (χ1) is 10.2. The molecule has 112 valence electrons. The molecule has 1 unspecified atom stereocenters. The molecule has 0 aliphatic carbocycles. The Balaban J connectivity index is 1.93. The Bertz CT molecular complexity index is 537. The van der Waals surface area contributed by atoms with Gasteiger partial charge in [0, 0.05) is 10.9 Å². The van der Waals surface area contributed by atoms with E-state index < -0.39 is 0 Å². The number of halogens is 3. The minimum absolute atomic E-state index is 0.0257. The molecule has 0 N–H and O–H groups in total. The quantitative estimate of drug-likeness (QED) is 0.396. The lowest BCUT2D eigenvalue weighted by Crippen LogP contribution is -1.92. The van der Waals surface area contributed by atoms with E-state index in [1.54, 1.807) is 12.1 Å². The number of hydrogen-bond donors (Lipinski definition) is 0. The monoisotopic (exact) mass is 342 g/mol. The SMILES string of the molecule is ClCCCCC(Cl)c1ccc(Oc2ccc(Cl)cc2)cc1. The van der Waals surface area contributed by atoms with Gasteiger partial charge in [-0.15, -0.1) is 23.2 Å². The molecular formula is C17H17Cl3O. The maximum Gasteiger partial charge on any atom is 0.127 e. The Morgan fingerprint density at radius 2 is 1.43 bits per heavy atom. The number of ether oxygens (including phenoxy) is 1. The molecule has 0 spiro atoms. The van der Waals surface area contributed by atoms with Crippen LogP contribution in [-0.2, 0) is 0 Å². The smallest absolute Gasteiger partial charge is 0.127 e. The number of alkyl halides is 2. The van der Waals surface area contributed by atoms with Crippen LogP contribution in [0, 0.1) is 0 Å². The molecule has 2 rings (SSSR count). The summed E-state index contributed by atoms with van der Waals surface area (Å²) in [4.78, 5) is 0. The fraction of sp³-hybridized carbons (Fsp3) is 0.294. The van der Waals surface area contributed by atoms with Gasteiger partial charge < -0.3 is 4.74 Å². The van der Waals surface area contributed by atoms with Crippen LogP contribution in [0.2, 0.25) is 5.02 Å². The first-order valence-electron chi connectivity index (χ1n) is 6.92. The first kappa shape index (κ1) is 16.5. The molecule has 0 aromatic heterocycles. The molecule has 0 fully saturated rings. The molecule has 0 aliphatic rings. The largest absolute Gasteiger partial charge is 0.457 e. The third kappa shape index (κ3) is 5.43. The normalized spacial score (nSPS) is 12.1. The number of unbranched alkanes of at least 4 members (excludes halogenated alkanes) is 1. The number of rotatable bonds is 7. The first-order valence-corrected chi connectivity index (χ1v) is 8.27. The lowest BCUT2D eigenvalue weighted by atomic mass is 10.1. The van der Waals surface area contributed by atoms with E-state index >= 15 is 0 Å². The lowest BCUT2D eigenvalue weighted by Gasteiger charge is -2.11. The molecule has 0 saturated heterocycles. The van der Waals surface area contributed by atoms with Crippen LogP contribution >= 0.6 is 34.8 Å². The highest BCUT2D eigenvalue weighted by Crippen LogP contribution is 2.29. The van der Waals surface area contributed by atoms with Crippen LogP contribution in [0.1, 0.15) is 30.2 Å². The van der Waals surface area contributed by atoms with Gasteiger partial charge in [-0.3, -0.25) is 0 Å². The summed E-state index contributed by atoms with van der Waals surface area (Å²) in [6.45, 7) is 0. The van der Waals surface area contributed by atoms with Crippen molar-refractivity contribution in [1.82, 2.24) is 0 Å². The van der Waals surface area contributed by atoms with Crippen LogP contribution in [0.25, 0.3) is 0 Å². The van der Waals surface area contributed by atoms with Crippen molar-refractivity contribution in [3.05, 3.63) is 59.1 Å². The fourth-order valence-corrected chi connectivity index (χ4v) is 2.58. The van der Waals surface area contributed by atoms with Crippen LogP contribution in [0.4, 0.5) is 0 Å². The summed E-state index contributed by atoms with van der Waals surface area (Å²) >= 11 is 17.9. The molecule has 0 radical (unpaired) electrons. The van der Waals surface area contributed by atoms with E-state index in [0.29, 0.717) is 10.9 Å². The number of benzene rings is 2. The predicted octanol–water partition coefficient (Wildman–Crippen LogP) is 6.82. The van der Waals surface area contributed by atoms with E-state index in [2.05, 4.69) is 0 Å². The van der Waals surface area contributed by atoms with Crippen LogP contribution in [-0.4, -0.2) is 5.88 Å². The van der Waals surface area contributed by atoms with Crippen LogP contribution in [0.3, 0.4) is 0 Å². The second kappa shape index (κ2) is 8.53. The Kier molecular flexibility index (Phi) is 6.69. The Morgan fingerprint density at radius 1 is 0.857 bits per heavy atom. The summed E-state index contributed by atoms with van der Waals surface area (Å²) in [6, 6.07) is 15.2. The van der Waals surface area contributed by atoms with Crippen molar-refractivity contribution in [2.45, 2.75) is 24.6 Å². The van der Waals surface area contributed by atoms with Crippen molar-refractivity contribution in [1.29, 1.82) is 0 Å². The van der Waals surface area contributed by atoms with Gasteiger partial charge in [0.2, 0.25) is 0 Å². The standard InChI is InChI=1S/C17H17Cl3O/c18-12-2-1-3-17(20)13-4-8-15(9-5-13)21-16-10-6-14(19)7-11-16/h4-11,17H,1-3,12H2. The molecule has 0 aliphatic heterocycles. The van der Waals surface area contributed by atoms with E-state index in [-0.39, 0.29) is 5.38 Å². The second-order valence-electron chi connectivity index (χ2n) is 4.78. The van der Waals surface area contributed by atoms with Gasteiger partial charge in [0.1, 0.15) is 11.5 Å². The molecule has 2 aromatic carbocycles. The van der Waals surface area contributed by atoms with E-state index in [1.165, 1.54) is 0 Å². The Hall–Kier alpha value is -0.890. The van der Waals surface area contributed by atoms with E-state index in [1.807, 2.05) is 36.4 Å². The van der Waals surface area contributed by atoms with E-state index in [9.17, 15) is 0 Å². The van der Waals surface area contributed by atoms with Crippen molar-refractivity contribution in [2.75, 3.05) is 5.88 Å². The fourth-order valence-electron chi connectivity index (χ4n) is 1.97. The summed E-state index contributed by atoms with van der Waals surface area (Å²) < 4.78 is 5.75. The molecule has 21 heavy (non-hydrogen) atoms. The van der Waals surface area contributed by atoms with Crippen LogP contribution < -0.4 is 4.74 Å². The molecule has 0 amide bonds. The zero-order valence-electron chi connectivity index (χ0n) is 11.6. The van der Waals surface area contributed by atoms with Gasteiger partial charge in [-0.05, 0) is 54.8 Å². The summed E-state index contributed by atoms with van der Waals surface area (Å²) in [5.74, 6) is 2.24. The van der Waals surface area contributed by atoms with Gasteiger partial charge in [-0.1, -0.05) is 30.2 Å². The van der Waals surface area contributed by atoms with Gasteiger partial charge in [-0.2, -0.15) is 0 Å². The van der Waals surface area contributed by atoms with E-state index in [4.69, 9.17) is 39.5 Å². The zero-order valence-corrected chi connectivity index (χ0v) is 13.8. The summed E-state index contributed by atoms with van der Waals surface area (Å²) in [5.41, 5.74) is 1.11. The van der Waals surface area contributed by atoms with E-state index in [0.717, 1.165) is 36.3 Å². The number of hydrogen-bond acceptors (Lipinski definition) is 1. The van der Waals surface area contributed by atoms with Gasteiger partial charge in [0.05, 0.1) is 5.38 Å².